The first-order valence-electron chi connectivity index (χ1n) is 11.3. The number of H-pyrrole nitrogens is 1. The minimum atomic E-state index is -2.57. The molecule has 1 fully saturated rings. The van der Waals surface area contributed by atoms with Crippen molar-refractivity contribution in [3.05, 3.63) is 32.9 Å². The molecule has 0 unspecified atom stereocenters. The van der Waals surface area contributed by atoms with Crippen molar-refractivity contribution in [2.24, 2.45) is 0 Å². The molecule has 1 saturated heterocycles. The number of aromatic amines is 1. The molecular formula is C23H38F2N2O5Si2. The van der Waals surface area contributed by atoms with E-state index in [4.69, 9.17) is 20.0 Å². The van der Waals surface area contributed by atoms with Gasteiger partial charge in [-0.25, -0.2) is 9.18 Å². The molecule has 0 radical (unpaired) electrons. The van der Waals surface area contributed by atoms with E-state index in [0.717, 1.165) is 0 Å². The number of rotatable bonds is 6. The Bertz CT molecular complexity index is 1070. The topological polar surface area (TPSA) is 82.5 Å². The van der Waals surface area contributed by atoms with Gasteiger partial charge >= 0.3 is 5.69 Å². The Hall–Kier alpha value is -1.59. The summed E-state index contributed by atoms with van der Waals surface area (Å²) in [4.78, 5) is 25.7. The van der Waals surface area contributed by atoms with Gasteiger partial charge in [0, 0.05) is 0 Å². The summed E-state index contributed by atoms with van der Waals surface area (Å²) >= 11 is 0. The van der Waals surface area contributed by atoms with E-state index in [1.54, 1.807) is 0 Å². The standard InChI is InChI=1S/C23H38F2N2O5Si2/c1-12-23(14-30-33(8,9)21(2,3)4)17(32-34(10,11)22(5,6)7)16(25)19(31-23)27-13-15(24)18(28)26-20(27)29/h1,13,16-17,19H,14H2,2-11H3,(H,26,28,29)/t16-,17-,19+,23+/m0/s1. The smallest absolute Gasteiger partial charge is 0.330 e. The van der Waals surface area contributed by atoms with Crippen LogP contribution in [0.3, 0.4) is 0 Å². The number of ether oxygens (including phenoxy) is 1. The van der Waals surface area contributed by atoms with Crippen LogP contribution in [0.5, 0.6) is 0 Å². The van der Waals surface area contributed by atoms with Crippen molar-refractivity contribution in [1.82, 2.24) is 9.55 Å². The van der Waals surface area contributed by atoms with E-state index < -0.39 is 57.8 Å². The summed E-state index contributed by atoms with van der Waals surface area (Å²) in [6, 6.07) is 0. The van der Waals surface area contributed by atoms with Gasteiger partial charge in [-0.15, -0.1) is 6.42 Å². The maximum Gasteiger partial charge on any atom is 0.330 e. The summed E-state index contributed by atoms with van der Waals surface area (Å²) in [6.07, 6.45) is 1.77. The molecule has 1 aromatic rings. The molecule has 7 nitrogen and oxygen atoms in total. The van der Waals surface area contributed by atoms with Gasteiger partial charge < -0.3 is 13.6 Å². The summed E-state index contributed by atoms with van der Waals surface area (Å²) in [5.41, 5.74) is -3.88. The zero-order chi connectivity index (χ0) is 26.5. The lowest BCUT2D eigenvalue weighted by molar-refractivity contribution is -0.0878. The molecule has 0 amide bonds. The first-order chi connectivity index (χ1) is 15.2. The molecular weight excluding hydrogens is 478 g/mol. The lowest BCUT2D eigenvalue weighted by atomic mass is 9.98. The Balaban J connectivity index is 2.60. The van der Waals surface area contributed by atoms with Crippen molar-refractivity contribution >= 4 is 16.6 Å². The maximum absolute atomic E-state index is 16.1. The number of terminal acetylenes is 1. The normalized spacial score (nSPS) is 26.5. The Kier molecular flexibility index (Phi) is 7.69. The van der Waals surface area contributed by atoms with Crippen molar-refractivity contribution in [1.29, 1.82) is 0 Å². The second kappa shape index (κ2) is 9.13. The lowest BCUT2D eigenvalue weighted by Gasteiger charge is -2.43. The van der Waals surface area contributed by atoms with Crippen LogP contribution in [0.1, 0.15) is 47.8 Å². The highest BCUT2D eigenvalue weighted by Crippen LogP contribution is 2.47. The van der Waals surface area contributed by atoms with Gasteiger partial charge in [0.2, 0.25) is 5.82 Å². The van der Waals surface area contributed by atoms with Crippen LogP contribution in [0.2, 0.25) is 36.3 Å². The molecule has 192 valence electrons. The lowest BCUT2D eigenvalue weighted by Crippen LogP contribution is -2.56. The van der Waals surface area contributed by atoms with Crippen molar-refractivity contribution < 1.29 is 22.4 Å². The number of halogens is 2. The maximum atomic E-state index is 16.1. The van der Waals surface area contributed by atoms with Gasteiger partial charge in [0.25, 0.3) is 5.56 Å². The van der Waals surface area contributed by atoms with E-state index in [1.165, 1.54) is 0 Å². The fourth-order valence-corrected chi connectivity index (χ4v) is 5.36. The summed E-state index contributed by atoms with van der Waals surface area (Å²) in [6.45, 7) is 20.0. The van der Waals surface area contributed by atoms with Gasteiger partial charge in [0.1, 0.15) is 6.10 Å². The Morgan fingerprint density at radius 1 is 1.15 bits per heavy atom. The number of alkyl halides is 1. The Labute approximate surface area is 202 Å². The summed E-state index contributed by atoms with van der Waals surface area (Å²) < 4.78 is 49.5. The Morgan fingerprint density at radius 2 is 1.68 bits per heavy atom. The van der Waals surface area contributed by atoms with E-state index in [2.05, 4.69) is 26.7 Å². The third-order valence-electron chi connectivity index (χ3n) is 7.48. The summed E-state index contributed by atoms with van der Waals surface area (Å²) in [5, 5.41) is -0.420. The minimum Gasteiger partial charge on any atom is -0.413 e. The monoisotopic (exact) mass is 516 g/mol. The van der Waals surface area contributed by atoms with Crippen LogP contribution in [0.4, 0.5) is 8.78 Å². The third-order valence-corrected chi connectivity index (χ3v) is 16.4. The largest absolute Gasteiger partial charge is 0.413 e. The van der Waals surface area contributed by atoms with Crippen LogP contribution >= 0.6 is 0 Å². The second-order valence-corrected chi connectivity index (χ2v) is 21.5. The van der Waals surface area contributed by atoms with E-state index in [9.17, 15) is 14.0 Å². The van der Waals surface area contributed by atoms with Gasteiger partial charge in [-0.2, -0.15) is 4.39 Å². The number of nitrogens with one attached hydrogen (secondary N) is 1. The van der Waals surface area contributed by atoms with Crippen molar-refractivity contribution in [3.63, 3.8) is 0 Å². The van der Waals surface area contributed by atoms with E-state index >= 15 is 4.39 Å². The van der Waals surface area contributed by atoms with Gasteiger partial charge in [-0.05, 0) is 36.3 Å². The average Bonchev–Trinajstić information content (AvgIpc) is 2.94. The van der Waals surface area contributed by atoms with Crippen molar-refractivity contribution in [3.8, 4) is 12.3 Å². The molecule has 2 heterocycles. The highest BCUT2D eigenvalue weighted by atomic mass is 28.4. The van der Waals surface area contributed by atoms with E-state index in [0.29, 0.717) is 10.8 Å². The SMILES string of the molecule is C#C[C@]1(CO[Si](C)(C)C(C)(C)C)O[C@@H](n2cc(F)c(=O)[nH]c2=O)[C@@H](F)[C@@H]1O[Si](C)(C)C(C)(C)C. The minimum absolute atomic E-state index is 0.148. The van der Waals surface area contributed by atoms with Crippen molar-refractivity contribution in [2.45, 2.75) is 102 Å². The quantitative estimate of drug-likeness (QED) is 0.450. The first-order valence-corrected chi connectivity index (χ1v) is 17.1. The molecule has 1 N–H and O–H groups in total. The number of hydrogen-bond donors (Lipinski definition) is 1. The second-order valence-electron chi connectivity index (χ2n) is 12.0. The zero-order valence-electron chi connectivity index (χ0n) is 21.8. The third kappa shape index (κ3) is 5.31. The Morgan fingerprint density at radius 3 is 2.15 bits per heavy atom. The van der Waals surface area contributed by atoms with Gasteiger partial charge in [-0.3, -0.25) is 14.3 Å². The molecule has 34 heavy (non-hydrogen) atoms. The summed E-state index contributed by atoms with van der Waals surface area (Å²) in [7, 11) is -4.90. The van der Waals surface area contributed by atoms with E-state index in [1.807, 2.05) is 51.9 Å². The molecule has 4 atom stereocenters. The van der Waals surface area contributed by atoms with Crippen LogP contribution < -0.4 is 11.2 Å². The highest BCUT2D eigenvalue weighted by Gasteiger charge is 2.60. The molecule has 11 heteroatoms. The van der Waals surface area contributed by atoms with Crippen LogP contribution in [-0.4, -0.2) is 50.7 Å². The number of hydrogen-bond acceptors (Lipinski definition) is 5. The average molecular weight is 517 g/mol. The van der Waals surface area contributed by atoms with Crippen molar-refractivity contribution in [2.75, 3.05) is 6.61 Å². The molecule has 0 aliphatic carbocycles. The van der Waals surface area contributed by atoms with Crippen LogP contribution in [0, 0.1) is 18.2 Å². The summed E-state index contributed by atoms with van der Waals surface area (Å²) in [5.74, 6) is 1.31. The molecule has 0 aromatic carbocycles. The van der Waals surface area contributed by atoms with Gasteiger partial charge in [-0.1, -0.05) is 47.5 Å². The van der Waals surface area contributed by atoms with Crippen LogP contribution in [0.15, 0.2) is 15.8 Å². The number of aromatic nitrogens is 2. The molecule has 2 rings (SSSR count). The van der Waals surface area contributed by atoms with E-state index in [-0.39, 0.29) is 16.7 Å². The molecule has 1 aliphatic rings. The van der Waals surface area contributed by atoms with Gasteiger partial charge in [0.05, 0.1) is 12.8 Å². The predicted octanol–water partition coefficient (Wildman–Crippen LogP) is 4.33. The molecule has 1 aliphatic heterocycles. The molecule has 0 saturated carbocycles. The highest BCUT2D eigenvalue weighted by molar-refractivity contribution is 6.74. The molecule has 1 aromatic heterocycles. The molecule has 0 bridgehead atoms. The fourth-order valence-electron chi connectivity index (χ4n) is 3.05. The number of nitrogens with zero attached hydrogens (tertiary/aromatic N) is 1. The fraction of sp³-hybridized carbons (Fsp3) is 0.739. The van der Waals surface area contributed by atoms with Gasteiger partial charge in [0.15, 0.2) is 34.6 Å². The predicted molar refractivity (Wildman–Crippen MR) is 133 cm³/mol. The van der Waals surface area contributed by atoms with Crippen LogP contribution in [0.25, 0.3) is 0 Å². The first kappa shape index (κ1) is 28.6. The molecule has 0 spiro atoms. The van der Waals surface area contributed by atoms with Crippen LogP contribution in [-0.2, 0) is 13.6 Å². The zero-order valence-corrected chi connectivity index (χ0v) is 23.8.